The van der Waals surface area contributed by atoms with E-state index in [4.69, 9.17) is 4.74 Å². The van der Waals surface area contributed by atoms with E-state index in [1.165, 1.54) is 16.8 Å². The molecule has 0 spiro atoms. The van der Waals surface area contributed by atoms with Crippen LogP contribution in [0.2, 0.25) is 0 Å². The van der Waals surface area contributed by atoms with Crippen molar-refractivity contribution in [3.63, 3.8) is 0 Å². The zero-order valence-corrected chi connectivity index (χ0v) is 8.42. The molecule has 0 saturated carbocycles. The monoisotopic (exact) mass is 177 g/mol. The minimum absolute atomic E-state index is 0.798. The van der Waals surface area contributed by atoms with Crippen LogP contribution in [0.5, 0.6) is 5.75 Å². The molecule has 1 aliphatic heterocycles. The maximum absolute atomic E-state index is 5.61. The molecule has 0 unspecified atom stereocenters. The Morgan fingerprint density at radius 3 is 2.85 bits per heavy atom. The van der Waals surface area contributed by atoms with E-state index < -0.39 is 0 Å². The number of hydrogen-bond acceptors (Lipinski definition) is 2. The van der Waals surface area contributed by atoms with Crippen molar-refractivity contribution < 1.29 is 4.74 Å². The summed E-state index contributed by atoms with van der Waals surface area (Å²) in [6.45, 7) is 6.02. The normalized spacial score (nSPS) is 15.2. The lowest BCUT2D eigenvalue weighted by Gasteiger charge is -2.29. The van der Waals surface area contributed by atoms with Crippen LogP contribution < -0.4 is 9.64 Å². The standard InChI is InChI=1S/C11H15NO/c1-8-6-9(2)11-10(7-8)13-5-4-12(11)3/h6-7H,4-5H2,1-3H3. The van der Waals surface area contributed by atoms with E-state index in [0.29, 0.717) is 0 Å². The van der Waals surface area contributed by atoms with Gasteiger partial charge in [-0.1, -0.05) is 6.07 Å². The Balaban J connectivity index is 2.56. The molecular formula is C11H15NO. The van der Waals surface area contributed by atoms with Gasteiger partial charge in [0.2, 0.25) is 0 Å². The summed E-state index contributed by atoms with van der Waals surface area (Å²) in [6, 6.07) is 4.31. The highest BCUT2D eigenvalue weighted by Crippen LogP contribution is 2.34. The van der Waals surface area contributed by atoms with Crippen molar-refractivity contribution in [2.75, 3.05) is 25.1 Å². The van der Waals surface area contributed by atoms with Crippen molar-refractivity contribution in [2.45, 2.75) is 13.8 Å². The molecule has 2 heteroatoms. The second kappa shape index (κ2) is 2.95. The molecule has 1 heterocycles. The fourth-order valence-corrected chi connectivity index (χ4v) is 1.92. The quantitative estimate of drug-likeness (QED) is 0.602. The number of likely N-dealkylation sites (N-methyl/N-ethyl adjacent to an activating group) is 1. The molecule has 1 aromatic carbocycles. The molecule has 0 atom stereocenters. The van der Waals surface area contributed by atoms with Crippen molar-refractivity contribution >= 4 is 5.69 Å². The molecule has 70 valence electrons. The summed E-state index contributed by atoms with van der Waals surface area (Å²) in [5.74, 6) is 1.03. The number of ether oxygens (including phenoxy) is 1. The van der Waals surface area contributed by atoms with Crippen LogP contribution in [0.25, 0.3) is 0 Å². The molecule has 0 bridgehead atoms. The summed E-state index contributed by atoms with van der Waals surface area (Å²) in [5.41, 5.74) is 3.82. The van der Waals surface area contributed by atoms with E-state index >= 15 is 0 Å². The van der Waals surface area contributed by atoms with Gasteiger partial charge in [0.15, 0.2) is 0 Å². The van der Waals surface area contributed by atoms with Crippen LogP contribution in [0, 0.1) is 13.8 Å². The molecule has 1 aromatic rings. The maximum Gasteiger partial charge on any atom is 0.143 e. The minimum Gasteiger partial charge on any atom is -0.490 e. The minimum atomic E-state index is 0.798. The third-order valence-corrected chi connectivity index (χ3v) is 2.48. The number of rotatable bonds is 0. The van der Waals surface area contributed by atoms with E-state index in [1.807, 2.05) is 0 Å². The fraction of sp³-hybridized carbons (Fsp3) is 0.455. The van der Waals surface area contributed by atoms with Gasteiger partial charge in [0.1, 0.15) is 12.4 Å². The lowest BCUT2D eigenvalue weighted by Crippen LogP contribution is -2.29. The van der Waals surface area contributed by atoms with Crippen LogP contribution in [-0.2, 0) is 0 Å². The predicted molar refractivity (Wildman–Crippen MR) is 54.7 cm³/mol. The average Bonchev–Trinajstić information content (AvgIpc) is 2.02. The lowest BCUT2D eigenvalue weighted by atomic mass is 10.1. The molecule has 13 heavy (non-hydrogen) atoms. The molecule has 2 nitrogen and oxygen atoms in total. The molecule has 0 saturated heterocycles. The van der Waals surface area contributed by atoms with Crippen LogP contribution in [0.1, 0.15) is 11.1 Å². The zero-order valence-electron chi connectivity index (χ0n) is 8.42. The van der Waals surface area contributed by atoms with Crippen LogP contribution in [0.4, 0.5) is 5.69 Å². The molecule has 2 rings (SSSR count). The third-order valence-electron chi connectivity index (χ3n) is 2.48. The highest BCUT2D eigenvalue weighted by atomic mass is 16.5. The lowest BCUT2D eigenvalue weighted by molar-refractivity contribution is 0.311. The number of benzene rings is 1. The second-order valence-corrected chi connectivity index (χ2v) is 3.70. The smallest absolute Gasteiger partial charge is 0.143 e. The van der Waals surface area contributed by atoms with E-state index in [-0.39, 0.29) is 0 Å². The van der Waals surface area contributed by atoms with Crippen LogP contribution in [0.15, 0.2) is 12.1 Å². The molecule has 1 aliphatic rings. The Labute approximate surface area is 79.1 Å². The summed E-state index contributed by atoms with van der Waals surface area (Å²) >= 11 is 0. The van der Waals surface area contributed by atoms with E-state index in [9.17, 15) is 0 Å². The summed E-state index contributed by atoms with van der Waals surface area (Å²) < 4.78 is 5.61. The van der Waals surface area contributed by atoms with Gasteiger partial charge >= 0.3 is 0 Å². The number of hydrogen-bond donors (Lipinski definition) is 0. The third kappa shape index (κ3) is 1.37. The van der Waals surface area contributed by atoms with Crippen LogP contribution in [0.3, 0.4) is 0 Å². The van der Waals surface area contributed by atoms with Gasteiger partial charge in [0.25, 0.3) is 0 Å². The van der Waals surface area contributed by atoms with Crippen molar-refractivity contribution in [1.29, 1.82) is 0 Å². The zero-order chi connectivity index (χ0) is 9.42. The fourth-order valence-electron chi connectivity index (χ4n) is 1.92. The predicted octanol–water partition coefficient (Wildman–Crippen LogP) is 2.13. The molecule has 0 radical (unpaired) electrons. The first-order valence-corrected chi connectivity index (χ1v) is 4.63. The van der Waals surface area contributed by atoms with Gasteiger partial charge < -0.3 is 9.64 Å². The van der Waals surface area contributed by atoms with E-state index in [0.717, 1.165) is 18.9 Å². The maximum atomic E-state index is 5.61. The summed E-state index contributed by atoms with van der Waals surface area (Å²) in [4.78, 5) is 2.26. The highest BCUT2D eigenvalue weighted by molar-refractivity contribution is 5.65. The first-order valence-electron chi connectivity index (χ1n) is 4.63. The Bertz CT molecular complexity index is 333. The summed E-state index contributed by atoms with van der Waals surface area (Å²) in [6.07, 6.45) is 0. The number of fused-ring (bicyclic) bond motifs is 1. The Hall–Kier alpha value is -1.18. The van der Waals surface area contributed by atoms with Crippen LogP contribution in [-0.4, -0.2) is 20.2 Å². The van der Waals surface area contributed by atoms with Crippen molar-refractivity contribution in [2.24, 2.45) is 0 Å². The van der Waals surface area contributed by atoms with Crippen molar-refractivity contribution in [3.8, 4) is 5.75 Å². The van der Waals surface area contributed by atoms with E-state index in [2.05, 4.69) is 37.9 Å². The van der Waals surface area contributed by atoms with Gasteiger partial charge in [-0.3, -0.25) is 0 Å². The number of anilines is 1. The first kappa shape index (κ1) is 8.42. The van der Waals surface area contributed by atoms with Gasteiger partial charge in [-0.25, -0.2) is 0 Å². The summed E-state index contributed by atoms with van der Waals surface area (Å²) in [7, 11) is 2.11. The molecule has 0 fully saturated rings. The molecule has 0 N–H and O–H groups in total. The molecule has 0 amide bonds. The molecular weight excluding hydrogens is 162 g/mol. The van der Waals surface area contributed by atoms with Gasteiger partial charge in [-0.15, -0.1) is 0 Å². The Kier molecular flexibility index (Phi) is 1.91. The first-order chi connectivity index (χ1) is 6.18. The average molecular weight is 177 g/mol. The number of aryl methyl sites for hydroxylation is 2. The van der Waals surface area contributed by atoms with Gasteiger partial charge in [-0.2, -0.15) is 0 Å². The Morgan fingerprint density at radius 2 is 2.08 bits per heavy atom. The molecule has 0 aliphatic carbocycles. The number of nitrogens with zero attached hydrogens (tertiary/aromatic N) is 1. The SMILES string of the molecule is Cc1cc(C)c2c(c1)OCCN2C. The largest absolute Gasteiger partial charge is 0.490 e. The van der Waals surface area contributed by atoms with Gasteiger partial charge in [-0.05, 0) is 31.0 Å². The summed E-state index contributed by atoms with van der Waals surface area (Å²) in [5, 5.41) is 0. The van der Waals surface area contributed by atoms with Gasteiger partial charge in [0, 0.05) is 7.05 Å². The Morgan fingerprint density at radius 1 is 1.31 bits per heavy atom. The van der Waals surface area contributed by atoms with E-state index in [1.54, 1.807) is 0 Å². The van der Waals surface area contributed by atoms with Crippen molar-refractivity contribution in [3.05, 3.63) is 23.3 Å². The van der Waals surface area contributed by atoms with Crippen LogP contribution >= 0.6 is 0 Å². The highest BCUT2D eigenvalue weighted by Gasteiger charge is 2.16. The topological polar surface area (TPSA) is 12.5 Å². The molecule has 0 aromatic heterocycles. The van der Waals surface area contributed by atoms with Gasteiger partial charge in [0.05, 0.1) is 12.2 Å². The second-order valence-electron chi connectivity index (χ2n) is 3.70. The van der Waals surface area contributed by atoms with Crippen molar-refractivity contribution in [1.82, 2.24) is 0 Å².